The number of hydrogen-bond donors (Lipinski definition) is 0. The van der Waals surface area contributed by atoms with Crippen molar-refractivity contribution in [3.8, 4) is 0 Å². The minimum absolute atomic E-state index is 0. The summed E-state index contributed by atoms with van der Waals surface area (Å²) in [7, 11) is 0. The quantitative estimate of drug-likeness (QED) is 0.213. The van der Waals surface area contributed by atoms with E-state index in [1.54, 1.807) is 0 Å². The Balaban J connectivity index is 0.000000254. The first kappa shape index (κ1) is 38.7. The first-order chi connectivity index (χ1) is 20.5. The average molecular weight is 713 g/mol. The van der Waals surface area contributed by atoms with Gasteiger partial charge >= 0.3 is 99.2 Å². The van der Waals surface area contributed by atoms with E-state index in [2.05, 4.69) is 170 Å². The molecule has 0 unspecified atom stereocenters. The normalized spacial score (nSPS) is 12.2. The van der Waals surface area contributed by atoms with Crippen LogP contribution in [0.2, 0.25) is 0 Å². The third-order valence-corrected chi connectivity index (χ3v) is 9.29. The first-order valence-electron chi connectivity index (χ1n) is 15.6. The Hall–Kier alpha value is -2.44. The van der Waals surface area contributed by atoms with Gasteiger partial charge < -0.3 is 24.8 Å². The van der Waals surface area contributed by atoms with Gasteiger partial charge in [0.05, 0.1) is 0 Å². The van der Waals surface area contributed by atoms with E-state index in [1.165, 1.54) is 89.7 Å². The fraction of sp³-hybridized carbons (Fsp3) is 0.286. The molecule has 0 saturated carbocycles. The van der Waals surface area contributed by atoms with Crippen molar-refractivity contribution >= 4 is 24.8 Å². The monoisotopic (exact) mass is 710 g/mol. The Kier molecular flexibility index (Phi) is 15.0. The molecule has 1 aliphatic rings. The Labute approximate surface area is 299 Å². The molecule has 0 heterocycles. The predicted molar refractivity (Wildman–Crippen MR) is 186 cm³/mol. The van der Waals surface area contributed by atoms with Crippen molar-refractivity contribution in [3.63, 3.8) is 0 Å². The van der Waals surface area contributed by atoms with Crippen LogP contribution in [0.25, 0.3) is 21.5 Å². The second-order valence-corrected chi connectivity index (χ2v) is 14.7. The van der Waals surface area contributed by atoms with Crippen LogP contribution >= 0.6 is 0 Å². The van der Waals surface area contributed by atoms with Gasteiger partial charge in [0.1, 0.15) is 0 Å². The first-order valence-corrected chi connectivity index (χ1v) is 16.8. The van der Waals surface area contributed by atoms with Gasteiger partial charge in [-0.1, -0.05) is 96.7 Å². The summed E-state index contributed by atoms with van der Waals surface area (Å²) in [6, 6.07) is 37.3. The number of benzene rings is 4. The van der Waals surface area contributed by atoms with E-state index in [4.69, 9.17) is 0 Å². The maximum atomic E-state index is 3.14. The fourth-order valence-electron chi connectivity index (χ4n) is 5.23. The molecule has 0 bridgehead atoms. The van der Waals surface area contributed by atoms with Crippen LogP contribution in [-0.2, 0) is 35.1 Å². The molecule has 0 aliphatic heterocycles. The minimum atomic E-state index is 0. The van der Waals surface area contributed by atoms with E-state index in [0.717, 1.165) is 6.42 Å². The predicted octanol–water partition coefficient (Wildman–Crippen LogP) is 5.59. The van der Waals surface area contributed by atoms with Gasteiger partial charge in [0.2, 0.25) is 0 Å². The van der Waals surface area contributed by atoms with Crippen LogP contribution < -0.4 is 24.8 Å². The van der Waals surface area contributed by atoms with Crippen LogP contribution in [0.1, 0.15) is 90.0 Å². The summed E-state index contributed by atoms with van der Waals surface area (Å²) < 4.78 is 1.42. The zero-order chi connectivity index (χ0) is 31.0. The summed E-state index contributed by atoms with van der Waals surface area (Å²) in [4.78, 5) is 0. The van der Waals surface area contributed by atoms with E-state index >= 15 is 0 Å². The van der Waals surface area contributed by atoms with Crippen molar-refractivity contribution in [2.45, 2.75) is 78.6 Å². The molecule has 234 valence electrons. The molecule has 5 aromatic rings. The molecule has 6 rings (SSSR count). The van der Waals surface area contributed by atoms with Crippen molar-refractivity contribution < 1.29 is 49.0 Å². The van der Waals surface area contributed by atoms with E-state index in [9.17, 15) is 0 Å². The van der Waals surface area contributed by atoms with Gasteiger partial charge in [0, 0.05) is 0 Å². The van der Waals surface area contributed by atoms with Crippen LogP contribution in [0.15, 0.2) is 121 Å². The molecule has 0 fully saturated rings. The zero-order valence-electron chi connectivity index (χ0n) is 27.8. The molecule has 0 saturated heterocycles. The summed E-state index contributed by atoms with van der Waals surface area (Å²) in [6.45, 7) is 15.8. The SMILES string of the molecule is CC(C)(C)c1ccc2c(c1)[cH-]c1cc(C(C)(C)C)ccc12.CCCC1=CC[C-]=C1.[Cl-].[Cl-].[Zr+2]=[C](c1ccccc1)c1ccccc1. The van der Waals surface area contributed by atoms with Gasteiger partial charge in [0.15, 0.2) is 0 Å². The van der Waals surface area contributed by atoms with Gasteiger partial charge in [-0.25, -0.2) is 11.6 Å². The van der Waals surface area contributed by atoms with Crippen LogP contribution in [0, 0.1) is 6.08 Å². The van der Waals surface area contributed by atoms with Crippen molar-refractivity contribution in [3.05, 3.63) is 149 Å². The number of halogens is 2. The molecule has 3 heteroatoms. The van der Waals surface area contributed by atoms with Crippen molar-refractivity contribution in [1.82, 2.24) is 0 Å². The third kappa shape index (κ3) is 10.8. The molecule has 0 atom stereocenters. The summed E-state index contributed by atoms with van der Waals surface area (Å²) in [5.74, 6) is 0. The molecule has 1 aliphatic carbocycles. The summed E-state index contributed by atoms with van der Waals surface area (Å²) in [5, 5.41) is 5.48. The molecular weight excluding hydrogens is 667 g/mol. The van der Waals surface area contributed by atoms with Gasteiger partial charge in [-0.3, -0.25) is 6.08 Å². The maximum absolute atomic E-state index is 3.14. The summed E-state index contributed by atoms with van der Waals surface area (Å²) in [6.07, 6.45) is 11.0. The topological polar surface area (TPSA) is 0 Å². The van der Waals surface area contributed by atoms with Gasteiger partial charge in [0.25, 0.3) is 0 Å². The Morgan fingerprint density at radius 2 is 1.13 bits per heavy atom. The Bertz CT molecular complexity index is 1600. The van der Waals surface area contributed by atoms with E-state index in [0.29, 0.717) is 0 Å². The number of fused-ring (bicyclic) bond motifs is 3. The molecule has 0 aromatic heterocycles. The number of rotatable bonds is 4. The fourth-order valence-corrected chi connectivity index (χ4v) is 6.05. The second-order valence-electron chi connectivity index (χ2n) is 13.4. The van der Waals surface area contributed by atoms with Crippen molar-refractivity contribution in [2.24, 2.45) is 0 Å². The molecule has 5 aromatic carbocycles. The van der Waals surface area contributed by atoms with Gasteiger partial charge in [-0.2, -0.15) is 6.08 Å². The van der Waals surface area contributed by atoms with Gasteiger partial charge in [-0.15, -0.1) is 46.2 Å². The van der Waals surface area contributed by atoms with E-state index in [-0.39, 0.29) is 35.6 Å². The molecule has 0 radical (unpaired) electrons. The van der Waals surface area contributed by atoms with Crippen molar-refractivity contribution in [1.29, 1.82) is 0 Å². The Morgan fingerprint density at radius 1 is 0.689 bits per heavy atom. The second kappa shape index (κ2) is 17.5. The molecule has 0 nitrogen and oxygen atoms in total. The molecule has 0 N–H and O–H groups in total. The molecule has 0 amide bonds. The van der Waals surface area contributed by atoms with E-state index in [1.807, 2.05) is 0 Å². The molecule has 0 spiro atoms. The van der Waals surface area contributed by atoms with Crippen LogP contribution in [-0.4, -0.2) is 3.21 Å². The zero-order valence-corrected chi connectivity index (χ0v) is 31.8. The van der Waals surface area contributed by atoms with Gasteiger partial charge in [-0.05, 0) is 10.8 Å². The van der Waals surface area contributed by atoms with E-state index < -0.39 is 0 Å². The average Bonchev–Trinajstić information content (AvgIpc) is 3.64. The van der Waals surface area contributed by atoms with Crippen LogP contribution in [0.3, 0.4) is 0 Å². The third-order valence-electron chi connectivity index (χ3n) is 7.87. The standard InChI is InChI=1S/C21H25.C13H10.C8H11.2ClH.Zr/c1-20(2,3)16-7-9-18-14(12-16)11-15-13-17(21(4,5)6)8-10-19(15)18;1-3-7-12(8-4-1)11-13-9-5-2-6-10-13;1-2-5-8-6-3-4-7-8;;;/h7-13H,1-6H3;1-10H;6-7H,2-3,5H2,1H3;2*1H;/q-1;;-1;;;+2/p-2. The summed E-state index contributed by atoms with van der Waals surface area (Å²) >= 11 is 1.46. The van der Waals surface area contributed by atoms with Crippen molar-refractivity contribution in [2.75, 3.05) is 0 Å². The molecule has 45 heavy (non-hydrogen) atoms. The molecular formula is C42H46Cl2Zr-2. The Morgan fingerprint density at radius 3 is 1.49 bits per heavy atom. The van der Waals surface area contributed by atoms with Crippen LogP contribution in [0.4, 0.5) is 0 Å². The number of hydrogen-bond acceptors (Lipinski definition) is 0. The summed E-state index contributed by atoms with van der Waals surface area (Å²) in [5.41, 5.74) is 7.34. The van der Waals surface area contributed by atoms with Crippen LogP contribution in [0.5, 0.6) is 0 Å². The number of allylic oxidation sites excluding steroid dienone is 4.